The molecule has 0 unspecified atom stereocenters. The van der Waals surface area contributed by atoms with Gasteiger partial charge in [0.2, 0.25) is 5.95 Å². The highest BCUT2D eigenvalue weighted by Gasteiger charge is 2.19. The zero-order valence-corrected chi connectivity index (χ0v) is 20.2. The Kier molecular flexibility index (Phi) is 6.42. The van der Waals surface area contributed by atoms with Crippen LogP contribution in [-0.4, -0.2) is 38.6 Å². The third kappa shape index (κ3) is 5.19. The molecule has 2 heterocycles. The van der Waals surface area contributed by atoms with Gasteiger partial charge in [-0.1, -0.05) is 6.07 Å². The van der Waals surface area contributed by atoms with E-state index >= 15 is 0 Å². The first-order chi connectivity index (χ1) is 15.7. The number of methoxy groups -OCH3 is 1. The number of ether oxygens (including phenoxy) is 1. The fraction of sp³-hybridized carbons (Fsp3) is 0.333. The largest absolute Gasteiger partial charge is 0.496 e. The average molecular weight is 468 g/mol. The molecular formula is C24H29N5O3S. The Labute approximate surface area is 195 Å². The molecule has 0 amide bonds. The zero-order chi connectivity index (χ0) is 23.6. The normalized spacial score (nSPS) is 13.8. The molecule has 0 radical (unpaired) electrons. The van der Waals surface area contributed by atoms with Gasteiger partial charge in [0.15, 0.2) is 0 Å². The lowest BCUT2D eigenvalue weighted by Crippen LogP contribution is -2.19. The molecule has 2 N–H and O–H groups in total. The molecule has 1 saturated heterocycles. The minimum atomic E-state index is -3.77. The van der Waals surface area contributed by atoms with Crippen LogP contribution in [0.4, 0.5) is 23.1 Å². The van der Waals surface area contributed by atoms with Crippen LogP contribution >= 0.6 is 0 Å². The minimum absolute atomic E-state index is 0.190. The van der Waals surface area contributed by atoms with Crippen molar-refractivity contribution in [3.63, 3.8) is 0 Å². The fourth-order valence-electron chi connectivity index (χ4n) is 4.00. The van der Waals surface area contributed by atoms with Crippen LogP contribution < -0.4 is 19.7 Å². The lowest BCUT2D eigenvalue weighted by atomic mass is 10.1. The summed E-state index contributed by atoms with van der Waals surface area (Å²) >= 11 is 0. The summed E-state index contributed by atoms with van der Waals surface area (Å²) in [4.78, 5) is 11.6. The summed E-state index contributed by atoms with van der Waals surface area (Å²) < 4.78 is 33.9. The molecule has 174 valence electrons. The second-order valence-electron chi connectivity index (χ2n) is 8.28. The highest BCUT2D eigenvalue weighted by molar-refractivity contribution is 7.92. The molecule has 0 bridgehead atoms. The third-order valence-electron chi connectivity index (χ3n) is 5.65. The van der Waals surface area contributed by atoms with Crippen LogP contribution in [0.2, 0.25) is 0 Å². The molecule has 0 atom stereocenters. The van der Waals surface area contributed by atoms with Crippen molar-refractivity contribution < 1.29 is 13.2 Å². The third-order valence-corrected chi connectivity index (χ3v) is 7.17. The summed E-state index contributed by atoms with van der Waals surface area (Å²) in [5.74, 6) is 1.98. The van der Waals surface area contributed by atoms with Crippen LogP contribution in [0.1, 0.15) is 29.7 Å². The SMILES string of the molecule is COc1cc(S(=O)(=O)Nc2ccc(Nc3nc(C)cc(N4CCCC4)n3)cc2)c(C)cc1C. The number of rotatable bonds is 7. The summed E-state index contributed by atoms with van der Waals surface area (Å²) in [5.41, 5.74) is 3.66. The first-order valence-electron chi connectivity index (χ1n) is 10.9. The number of anilines is 4. The zero-order valence-electron chi connectivity index (χ0n) is 19.3. The van der Waals surface area contributed by atoms with E-state index in [-0.39, 0.29) is 4.90 Å². The highest BCUT2D eigenvalue weighted by atomic mass is 32.2. The summed E-state index contributed by atoms with van der Waals surface area (Å²) in [6.07, 6.45) is 2.36. The first kappa shape index (κ1) is 22.8. The highest BCUT2D eigenvalue weighted by Crippen LogP contribution is 2.28. The van der Waals surface area contributed by atoms with Crippen LogP contribution in [0.3, 0.4) is 0 Å². The number of hydrogen-bond acceptors (Lipinski definition) is 7. The number of aromatic nitrogens is 2. The summed E-state index contributed by atoms with van der Waals surface area (Å²) in [6.45, 7) is 7.63. The van der Waals surface area contributed by atoms with Gasteiger partial charge >= 0.3 is 0 Å². The Morgan fingerprint density at radius 1 is 0.909 bits per heavy atom. The monoisotopic (exact) mass is 467 g/mol. The van der Waals surface area contributed by atoms with Crippen LogP contribution in [0.15, 0.2) is 47.4 Å². The second-order valence-corrected chi connectivity index (χ2v) is 9.93. The van der Waals surface area contributed by atoms with E-state index in [9.17, 15) is 8.42 Å². The maximum Gasteiger partial charge on any atom is 0.262 e. The Morgan fingerprint density at radius 2 is 1.58 bits per heavy atom. The second kappa shape index (κ2) is 9.27. The van der Waals surface area contributed by atoms with Crippen LogP contribution in [0, 0.1) is 20.8 Å². The number of sulfonamides is 1. The Bertz CT molecular complexity index is 1250. The molecule has 2 aromatic carbocycles. The van der Waals surface area contributed by atoms with Gasteiger partial charge in [0.05, 0.1) is 12.0 Å². The molecule has 33 heavy (non-hydrogen) atoms. The summed E-state index contributed by atoms with van der Waals surface area (Å²) in [6, 6.07) is 12.4. The predicted molar refractivity (Wildman–Crippen MR) is 131 cm³/mol. The molecule has 4 rings (SSSR count). The van der Waals surface area contributed by atoms with Crippen LogP contribution in [0.25, 0.3) is 0 Å². The van der Waals surface area contributed by atoms with Crippen molar-refractivity contribution in [2.24, 2.45) is 0 Å². The summed E-state index contributed by atoms with van der Waals surface area (Å²) in [5, 5.41) is 3.22. The first-order valence-corrected chi connectivity index (χ1v) is 12.4. The molecule has 1 fully saturated rings. The smallest absolute Gasteiger partial charge is 0.262 e. The van der Waals surface area contributed by atoms with Crippen molar-refractivity contribution in [1.82, 2.24) is 9.97 Å². The van der Waals surface area contributed by atoms with E-state index in [0.717, 1.165) is 35.9 Å². The number of nitrogens with one attached hydrogen (secondary N) is 2. The lowest BCUT2D eigenvalue weighted by Gasteiger charge is -2.18. The lowest BCUT2D eigenvalue weighted by molar-refractivity contribution is 0.410. The Morgan fingerprint density at radius 3 is 2.24 bits per heavy atom. The van der Waals surface area contributed by atoms with E-state index in [4.69, 9.17) is 4.74 Å². The van der Waals surface area contributed by atoms with Crippen LogP contribution in [0.5, 0.6) is 5.75 Å². The maximum atomic E-state index is 13.0. The number of aryl methyl sites for hydroxylation is 3. The number of nitrogens with zero attached hydrogens (tertiary/aromatic N) is 3. The fourth-order valence-corrected chi connectivity index (χ4v) is 5.30. The van der Waals surface area contributed by atoms with E-state index < -0.39 is 10.0 Å². The van der Waals surface area contributed by atoms with E-state index in [0.29, 0.717) is 22.9 Å². The molecule has 1 aromatic heterocycles. The predicted octanol–water partition coefficient (Wildman–Crippen LogP) is 4.56. The van der Waals surface area contributed by atoms with Crippen LogP contribution in [-0.2, 0) is 10.0 Å². The van der Waals surface area contributed by atoms with E-state index in [1.165, 1.54) is 20.0 Å². The van der Waals surface area contributed by atoms with Gasteiger partial charge in [-0.3, -0.25) is 4.72 Å². The van der Waals surface area contributed by atoms with Gasteiger partial charge in [-0.15, -0.1) is 0 Å². The van der Waals surface area contributed by atoms with Gasteiger partial charge in [0.25, 0.3) is 10.0 Å². The van der Waals surface area contributed by atoms with E-state index in [1.54, 1.807) is 43.3 Å². The van der Waals surface area contributed by atoms with Crippen molar-refractivity contribution in [3.8, 4) is 5.75 Å². The number of benzene rings is 2. The minimum Gasteiger partial charge on any atom is -0.496 e. The molecule has 1 aliphatic rings. The molecule has 8 nitrogen and oxygen atoms in total. The summed E-state index contributed by atoms with van der Waals surface area (Å²) in [7, 11) is -2.24. The van der Waals surface area contributed by atoms with Gasteiger partial charge in [0, 0.05) is 42.3 Å². The molecule has 0 spiro atoms. The van der Waals surface area contributed by atoms with Gasteiger partial charge in [-0.2, -0.15) is 4.98 Å². The van der Waals surface area contributed by atoms with Crippen molar-refractivity contribution in [2.45, 2.75) is 38.5 Å². The molecule has 0 aliphatic carbocycles. The topological polar surface area (TPSA) is 96.5 Å². The molecule has 1 aliphatic heterocycles. The van der Waals surface area contributed by atoms with Gasteiger partial charge in [-0.25, -0.2) is 13.4 Å². The van der Waals surface area contributed by atoms with E-state index in [1.807, 2.05) is 19.9 Å². The molecule has 9 heteroatoms. The average Bonchev–Trinajstić information content (AvgIpc) is 3.29. The van der Waals surface area contributed by atoms with Gasteiger partial charge in [-0.05, 0) is 69.0 Å². The maximum absolute atomic E-state index is 13.0. The standard InChI is InChI=1S/C24H29N5O3S/c1-16-13-17(2)22(15-21(16)32-4)33(30,31)28-20-9-7-19(8-10-20)26-24-25-18(3)14-23(27-24)29-11-5-6-12-29/h7-10,13-15,28H,5-6,11-12H2,1-4H3,(H,25,26,27). The Hall–Kier alpha value is -3.33. The molecule has 3 aromatic rings. The Balaban J connectivity index is 1.50. The van der Waals surface area contributed by atoms with Gasteiger partial charge < -0.3 is 15.0 Å². The van der Waals surface area contributed by atoms with Gasteiger partial charge in [0.1, 0.15) is 11.6 Å². The van der Waals surface area contributed by atoms with Crippen molar-refractivity contribution in [1.29, 1.82) is 0 Å². The number of hydrogen-bond donors (Lipinski definition) is 2. The molecule has 0 saturated carbocycles. The van der Waals surface area contributed by atoms with Crippen molar-refractivity contribution >= 4 is 33.2 Å². The van der Waals surface area contributed by atoms with Crippen molar-refractivity contribution in [3.05, 3.63) is 59.3 Å². The van der Waals surface area contributed by atoms with Crippen molar-refractivity contribution in [2.75, 3.05) is 35.1 Å². The molecular weight excluding hydrogens is 438 g/mol. The van der Waals surface area contributed by atoms with E-state index in [2.05, 4.69) is 24.9 Å². The quantitative estimate of drug-likeness (QED) is 0.526.